The van der Waals surface area contributed by atoms with Crippen molar-refractivity contribution in [3.8, 4) is 45.7 Å². The molecule has 6 nitrogen and oxygen atoms in total. The molecule has 6 heteroatoms. The van der Waals surface area contributed by atoms with Gasteiger partial charge in [0, 0.05) is 11.1 Å². The third-order valence-corrected chi connectivity index (χ3v) is 4.18. The van der Waals surface area contributed by atoms with Crippen LogP contribution in [0.1, 0.15) is 12.5 Å². The first-order chi connectivity index (χ1) is 13.1. The average molecular weight is 362 g/mol. The number of phenolic OH excluding ortho intramolecular Hbond substituents is 1. The van der Waals surface area contributed by atoms with E-state index in [4.69, 9.17) is 15.2 Å². The van der Waals surface area contributed by atoms with Gasteiger partial charge in [-0.1, -0.05) is 6.07 Å². The van der Waals surface area contributed by atoms with Crippen LogP contribution >= 0.6 is 0 Å². The highest BCUT2D eigenvalue weighted by molar-refractivity contribution is 5.79. The smallest absolute Gasteiger partial charge is 0.289 e. The highest BCUT2D eigenvalue weighted by Crippen LogP contribution is 2.35. The van der Waals surface area contributed by atoms with Gasteiger partial charge in [-0.25, -0.2) is 4.98 Å². The summed E-state index contributed by atoms with van der Waals surface area (Å²) in [4.78, 5) is 3.08. The van der Waals surface area contributed by atoms with Crippen molar-refractivity contribution in [3.63, 3.8) is 0 Å². The van der Waals surface area contributed by atoms with Crippen molar-refractivity contribution in [3.05, 3.63) is 54.1 Å². The first-order valence-corrected chi connectivity index (χ1v) is 8.43. The van der Waals surface area contributed by atoms with E-state index in [0.29, 0.717) is 23.5 Å². The number of nitrogens with two attached hydrogens (primary N) is 1. The molecule has 0 saturated carbocycles. The molecule has 3 rings (SSSR count). The summed E-state index contributed by atoms with van der Waals surface area (Å²) >= 11 is 0. The van der Waals surface area contributed by atoms with Crippen LogP contribution in [-0.2, 0) is 0 Å². The van der Waals surface area contributed by atoms with E-state index >= 15 is 0 Å². The summed E-state index contributed by atoms with van der Waals surface area (Å²) < 4.78 is 10.6. The van der Waals surface area contributed by atoms with Crippen LogP contribution in [0.2, 0.25) is 0 Å². The molecule has 0 aliphatic rings. The second-order valence-corrected chi connectivity index (χ2v) is 5.84. The number of anilines is 1. The van der Waals surface area contributed by atoms with Gasteiger partial charge in [-0.3, -0.25) is 5.73 Å². The number of aromatic hydroxyl groups is 1. The van der Waals surface area contributed by atoms with Crippen LogP contribution in [0.5, 0.6) is 17.2 Å². The minimum absolute atomic E-state index is 0.0463. The summed E-state index contributed by atoms with van der Waals surface area (Å²) in [6, 6.07) is 16.5. The maximum absolute atomic E-state index is 9.94. The zero-order valence-corrected chi connectivity index (χ0v) is 15.1. The molecule has 0 fully saturated rings. The van der Waals surface area contributed by atoms with Gasteiger partial charge < -0.3 is 14.6 Å². The predicted octanol–water partition coefficient (Wildman–Crippen LogP) is 3.40. The molecule has 0 atom stereocenters. The molecule has 0 saturated heterocycles. The molecule has 0 spiro atoms. The van der Waals surface area contributed by atoms with Crippen LogP contribution < -0.4 is 20.2 Å². The van der Waals surface area contributed by atoms with Gasteiger partial charge in [0.1, 0.15) is 23.1 Å². The van der Waals surface area contributed by atoms with Crippen molar-refractivity contribution in [2.24, 2.45) is 0 Å². The number of benzene rings is 2. The van der Waals surface area contributed by atoms with Gasteiger partial charge in [-0.05, 0) is 55.0 Å². The quantitative estimate of drug-likeness (QED) is 0.724. The summed E-state index contributed by atoms with van der Waals surface area (Å²) in [6.45, 7) is 2.26. The van der Waals surface area contributed by atoms with Gasteiger partial charge in [-0.2, -0.15) is 5.26 Å². The molecule has 2 aromatic carbocycles. The lowest BCUT2D eigenvalue weighted by molar-refractivity contribution is -0.346. The van der Waals surface area contributed by atoms with E-state index < -0.39 is 0 Å². The number of nitriles is 1. The topological polar surface area (TPSA) is 103 Å². The summed E-state index contributed by atoms with van der Waals surface area (Å²) in [5, 5.41) is 19.5. The molecule has 1 heterocycles. The number of pyridine rings is 1. The van der Waals surface area contributed by atoms with Crippen LogP contribution in [0.25, 0.3) is 22.4 Å². The molecular formula is C21H20N3O3+. The number of rotatable bonds is 5. The molecule has 0 aliphatic carbocycles. The Morgan fingerprint density at radius 2 is 1.81 bits per heavy atom. The molecule has 0 aliphatic heterocycles. The number of methoxy groups -OCH3 is 1. The second kappa shape index (κ2) is 7.67. The minimum atomic E-state index is 0.0463. The van der Waals surface area contributed by atoms with E-state index in [1.165, 1.54) is 0 Å². The Morgan fingerprint density at radius 1 is 1.11 bits per heavy atom. The Labute approximate surface area is 157 Å². The molecule has 0 bridgehead atoms. The third kappa shape index (κ3) is 3.62. The van der Waals surface area contributed by atoms with Crippen LogP contribution in [0.4, 0.5) is 5.82 Å². The number of nitrogens with zero attached hydrogens (tertiary/aromatic N) is 1. The Morgan fingerprint density at radius 3 is 2.44 bits per heavy atom. The lowest BCUT2D eigenvalue weighted by Crippen LogP contribution is -2.16. The van der Waals surface area contributed by atoms with E-state index in [9.17, 15) is 10.4 Å². The standard InChI is InChI=1S/C21H19N3O3/c1-3-27-20-10-14(6-9-19(20)25)16-11-18(24-21(23)17(16)12-22)13-4-7-15(26-2)8-5-13/h4-11,25H,3H2,1-2H3,(H2,23,24)/p+1. The molecule has 0 radical (unpaired) electrons. The van der Waals surface area contributed by atoms with Gasteiger partial charge >= 0.3 is 0 Å². The normalized spacial score (nSPS) is 10.3. The first-order valence-electron chi connectivity index (χ1n) is 8.43. The Bertz CT molecular complexity index is 1010. The van der Waals surface area contributed by atoms with E-state index in [1.807, 2.05) is 37.3 Å². The number of aromatic amines is 1. The first kappa shape index (κ1) is 18.1. The van der Waals surface area contributed by atoms with E-state index in [-0.39, 0.29) is 11.6 Å². The average Bonchev–Trinajstić information content (AvgIpc) is 2.69. The largest absolute Gasteiger partial charge is 0.504 e. The Balaban J connectivity index is 2.15. The van der Waals surface area contributed by atoms with Crippen LogP contribution in [0.3, 0.4) is 0 Å². The van der Waals surface area contributed by atoms with Crippen molar-refractivity contribution in [1.29, 1.82) is 5.26 Å². The molecule has 136 valence electrons. The number of phenols is 1. The highest BCUT2D eigenvalue weighted by atomic mass is 16.5. The molecule has 3 aromatic rings. The van der Waals surface area contributed by atoms with Gasteiger partial charge in [0.25, 0.3) is 5.82 Å². The van der Waals surface area contributed by atoms with Crippen molar-refractivity contribution in [2.75, 3.05) is 19.5 Å². The molecule has 1 aromatic heterocycles. The fourth-order valence-corrected chi connectivity index (χ4v) is 2.83. The van der Waals surface area contributed by atoms with Gasteiger partial charge in [-0.15, -0.1) is 0 Å². The van der Waals surface area contributed by atoms with Crippen LogP contribution in [0, 0.1) is 11.3 Å². The van der Waals surface area contributed by atoms with Crippen molar-refractivity contribution >= 4 is 5.82 Å². The molecule has 4 N–H and O–H groups in total. The lowest BCUT2D eigenvalue weighted by atomic mass is 9.98. The van der Waals surface area contributed by atoms with Crippen molar-refractivity contribution in [2.45, 2.75) is 6.92 Å². The number of ether oxygens (including phenoxy) is 2. The number of aromatic nitrogens is 1. The molecular weight excluding hydrogens is 342 g/mol. The summed E-state index contributed by atoms with van der Waals surface area (Å²) in [6.07, 6.45) is 0. The predicted molar refractivity (Wildman–Crippen MR) is 102 cm³/mol. The maximum atomic E-state index is 9.94. The van der Waals surface area contributed by atoms with E-state index in [1.54, 1.807) is 25.3 Å². The minimum Gasteiger partial charge on any atom is -0.504 e. The third-order valence-electron chi connectivity index (χ3n) is 4.18. The molecule has 0 amide bonds. The van der Waals surface area contributed by atoms with Gasteiger partial charge in [0.15, 0.2) is 11.5 Å². The number of nitrogen functional groups attached to an aromatic ring is 1. The number of H-pyrrole nitrogens is 1. The highest BCUT2D eigenvalue weighted by Gasteiger charge is 2.18. The second-order valence-electron chi connectivity index (χ2n) is 5.84. The molecule has 0 unspecified atom stereocenters. The Hall–Kier alpha value is -3.72. The fraction of sp³-hybridized carbons (Fsp3) is 0.143. The van der Waals surface area contributed by atoms with E-state index in [0.717, 1.165) is 22.6 Å². The monoisotopic (exact) mass is 362 g/mol. The zero-order chi connectivity index (χ0) is 19.4. The summed E-state index contributed by atoms with van der Waals surface area (Å²) in [7, 11) is 1.61. The number of nitrogens with one attached hydrogen (secondary N) is 1. The maximum Gasteiger partial charge on any atom is 0.289 e. The summed E-state index contributed by atoms with van der Waals surface area (Å²) in [5.74, 6) is 1.42. The molecule has 27 heavy (non-hydrogen) atoms. The summed E-state index contributed by atoms with van der Waals surface area (Å²) in [5.41, 5.74) is 9.48. The van der Waals surface area contributed by atoms with Gasteiger partial charge in [0.2, 0.25) is 0 Å². The van der Waals surface area contributed by atoms with Gasteiger partial charge in [0.05, 0.1) is 13.7 Å². The van der Waals surface area contributed by atoms with Crippen LogP contribution in [0.15, 0.2) is 48.5 Å². The number of hydrogen-bond donors (Lipinski definition) is 2. The van der Waals surface area contributed by atoms with Crippen LogP contribution in [-0.4, -0.2) is 18.8 Å². The van der Waals surface area contributed by atoms with Crippen molar-refractivity contribution in [1.82, 2.24) is 0 Å². The SMILES string of the molecule is CCOc1cc(-c2cc(-c3ccc(OC)cc3)[nH+]c(N)c2C#N)ccc1O. The van der Waals surface area contributed by atoms with E-state index in [2.05, 4.69) is 11.1 Å². The lowest BCUT2D eigenvalue weighted by Gasteiger charge is -2.11. The number of hydrogen-bond acceptors (Lipinski definition) is 5. The fourth-order valence-electron chi connectivity index (χ4n) is 2.83. The Kier molecular flexibility index (Phi) is 5.13. The zero-order valence-electron chi connectivity index (χ0n) is 15.1. The van der Waals surface area contributed by atoms with Crippen molar-refractivity contribution < 1.29 is 19.6 Å².